The second-order valence-electron chi connectivity index (χ2n) is 5.63. The molecule has 102 valence electrons. The van der Waals surface area contributed by atoms with Crippen LogP contribution < -0.4 is 11.3 Å². The van der Waals surface area contributed by atoms with Gasteiger partial charge in [0.25, 0.3) is 5.56 Å². The monoisotopic (exact) mass is 323 g/mol. The summed E-state index contributed by atoms with van der Waals surface area (Å²) in [4.78, 5) is 12.4. The van der Waals surface area contributed by atoms with Gasteiger partial charge >= 0.3 is 0 Å². The van der Waals surface area contributed by atoms with Crippen molar-refractivity contribution < 1.29 is 0 Å². The van der Waals surface area contributed by atoms with Gasteiger partial charge in [0.05, 0.1) is 11.4 Å². The van der Waals surface area contributed by atoms with Crippen LogP contribution in [0, 0.1) is 0 Å². The van der Waals surface area contributed by atoms with Gasteiger partial charge in [0, 0.05) is 16.9 Å². The van der Waals surface area contributed by atoms with Gasteiger partial charge in [-0.2, -0.15) is 0 Å². The minimum absolute atomic E-state index is 0.175. The van der Waals surface area contributed by atoms with Crippen molar-refractivity contribution in [2.75, 3.05) is 5.73 Å². The number of benzene rings is 1. The van der Waals surface area contributed by atoms with Crippen LogP contribution in [0.2, 0.25) is 0 Å². The molecule has 2 rings (SSSR count). The van der Waals surface area contributed by atoms with Crippen LogP contribution in [0.15, 0.2) is 33.5 Å². The summed E-state index contributed by atoms with van der Waals surface area (Å²) in [6.45, 7) is 6.14. The van der Waals surface area contributed by atoms with Crippen molar-refractivity contribution in [2.24, 2.45) is 7.05 Å². The Bertz CT molecular complexity index is 677. The molecule has 0 saturated heterocycles. The molecule has 5 heteroatoms. The molecule has 0 atom stereocenters. The molecule has 0 aliphatic rings. The molecule has 1 aromatic carbocycles. The average molecular weight is 324 g/mol. The van der Waals surface area contributed by atoms with Gasteiger partial charge in [0.15, 0.2) is 0 Å². The molecule has 2 N–H and O–H groups in total. The normalized spacial score (nSPS) is 11.8. The first-order chi connectivity index (χ1) is 8.73. The molecule has 1 heterocycles. The number of nitrogens with zero attached hydrogens (tertiary/aromatic N) is 2. The van der Waals surface area contributed by atoms with E-state index in [9.17, 15) is 4.79 Å². The minimum Gasteiger partial charge on any atom is -0.393 e. The van der Waals surface area contributed by atoms with E-state index in [1.165, 1.54) is 0 Å². The molecule has 0 spiro atoms. The number of hydrogen-bond donors (Lipinski definition) is 1. The van der Waals surface area contributed by atoms with E-state index in [4.69, 9.17) is 5.73 Å². The molecule has 0 unspecified atom stereocenters. The number of anilines is 1. The highest BCUT2D eigenvalue weighted by molar-refractivity contribution is 9.10. The minimum atomic E-state index is -0.185. The molecule has 0 fully saturated rings. The zero-order valence-electron chi connectivity index (χ0n) is 11.6. The van der Waals surface area contributed by atoms with Crippen LogP contribution in [0.25, 0.3) is 5.69 Å². The Morgan fingerprint density at radius 1 is 1.26 bits per heavy atom. The number of rotatable bonds is 1. The maximum Gasteiger partial charge on any atom is 0.294 e. The van der Waals surface area contributed by atoms with Crippen molar-refractivity contribution in [1.82, 2.24) is 9.36 Å². The molecule has 0 bridgehead atoms. The lowest BCUT2D eigenvalue weighted by atomic mass is 9.91. The van der Waals surface area contributed by atoms with Crippen molar-refractivity contribution in [3.63, 3.8) is 0 Å². The Morgan fingerprint density at radius 2 is 1.89 bits per heavy atom. The second-order valence-corrected chi connectivity index (χ2v) is 6.55. The van der Waals surface area contributed by atoms with Crippen LogP contribution >= 0.6 is 15.9 Å². The molecular weight excluding hydrogens is 306 g/mol. The van der Waals surface area contributed by atoms with E-state index in [1.54, 1.807) is 4.68 Å². The van der Waals surface area contributed by atoms with Gasteiger partial charge < -0.3 is 5.73 Å². The molecule has 0 radical (unpaired) electrons. The predicted octanol–water partition coefficient (Wildman–Crippen LogP) is 2.82. The summed E-state index contributed by atoms with van der Waals surface area (Å²) in [7, 11) is 1.86. The Kier molecular flexibility index (Phi) is 3.34. The van der Waals surface area contributed by atoms with Crippen molar-refractivity contribution in [3.8, 4) is 5.69 Å². The quantitative estimate of drug-likeness (QED) is 0.877. The van der Waals surface area contributed by atoms with Crippen LogP contribution in [0.5, 0.6) is 0 Å². The molecule has 1 aromatic heterocycles. The molecule has 0 aliphatic heterocycles. The summed E-state index contributed by atoms with van der Waals surface area (Å²) in [6, 6.07) is 7.60. The Labute approximate surface area is 120 Å². The Balaban J connectivity index is 2.77. The lowest BCUT2D eigenvalue weighted by Gasteiger charge is -2.21. The summed E-state index contributed by atoms with van der Waals surface area (Å²) < 4.78 is 4.36. The van der Waals surface area contributed by atoms with E-state index in [1.807, 2.05) is 56.8 Å². The average Bonchev–Trinajstić information content (AvgIpc) is 2.49. The first kappa shape index (κ1) is 13.9. The maximum atomic E-state index is 12.4. The number of nitrogen functional groups attached to an aromatic ring is 1. The van der Waals surface area contributed by atoms with Crippen molar-refractivity contribution in [3.05, 3.63) is 44.8 Å². The molecule has 0 aliphatic carbocycles. The van der Waals surface area contributed by atoms with Gasteiger partial charge in [-0.3, -0.25) is 9.48 Å². The zero-order chi connectivity index (χ0) is 14.4. The van der Waals surface area contributed by atoms with Gasteiger partial charge in [-0.1, -0.05) is 42.8 Å². The molecule has 0 amide bonds. The lowest BCUT2D eigenvalue weighted by Crippen LogP contribution is -2.22. The topological polar surface area (TPSA) is 52.9 Å². The van der Waals surface area contributed by atoms with E-state index in [2.05, 4.69) is 15.9 Å². The number of aromatic nitrogens is 2. The van der Waals surface area contributed by atoms with Gasteiger partial charge in [-0.05, 0) is 18.2 Å². The summed E-state index contributed by atoms with van der Waals surface area (Å²) in [6.07, 6.45) is 0. The van der Waals surface area contributed by atoms with Crippen molar-refractivity contribution in [2.45, 2.75) is 26.2 Å². The highest BCUT2D eigenvalue weighted by atomic mass is 79.9. The Morgan fingerprint density at radius 3 is 2.37 bits per heavy atom. The third-order valence-corrected chi connectivity index (χ3v) is 3.56. The van der Waals surface area contributed by atoms with E-state index in [0.29, 0.717) is 5.69 Å². The maximum absolute atomic E-state index is 12.4. The number of hydrogen-bond acceptors (Lipinski definition) is 2. The van der Waals surface area contributed by atoms with E-state index in [-0.39, 0.29) is 11.0 Å². The summed E-state index contributed by atoms with van der Waals surface area (Å²) in [5.74, 6) is 0. The molecule has 2 aromatic rings. The third kappa shape index (κ3) is 2.34. The summed E-state index contributed by atoms with van der Waals surface area (Å²) >= 11 is 3.42. The van der Waals surface area contributed by atoms with E-state index in [0.717, 1.165) is 15.9 Å². The number of nitrogens with two attached hydrogens (primary N) is 1. The first-order valence-corrected chi connectivity index (χ1v) is 6.86. The smallest absolute Gasteiger partial charge is 0.294 e. The van der Waals surface area contributed by atoms with Crippen LogP contribution in [-0.2, 0) is 12.5 Å². The van der Waals surface area contributed by atoms with Crippen molar-refractivity contribution >= 4 is 21.6 Å². The highest BCUT2D eigenvalue weighted by Gasteiger charge is 2.26. The van der Waals surface area contributed by atoms with Gasteiger partial charge in [-0.15, -0.1) is 0 Å². The fourth-order valence-corrected chi connectivity index (χ4v) is 2.80. The predicted molar refractivity (Wildman–Crippen MR) is 81.8 cm³/mol. The highest BCUT2D eigenvalue weighted by Crippen LogP contribution is 2.27. The van der Waals surface area contributed by atoms with Crippen LogP contribution in [-0.4, -0.2) is 9.36 Å². The molecule has 19 heavy (non-hydrogen) atoms. The molecular formula is C14H18BrN3O. The van der Waals surface area contributed by atoms with Gasteiger partial charge in [0.2, 0.25) is 0 Å². The third-order valence-electron chi connectivity index (χ3n) is 3.06. The van der Waals surface area contributed by atoms with E-state index < -0.39 is 0 Å². The zero-order valence-corrected chi connectivity index (χ0v) is 13.2. The van der Waals surface area contributed by atoms with Crippen LogP contribution in [0.3, 0.4) is 0 Å². The van der Waals surface area contributed by atoms with E-state index >= 15 is 0 Å². The van der Waals surface area contributed by atoms with Gasteiger partial charge in [0.1, 0.15) is 5.69 Å². The first-order valence-electron chi connectivity index (χ1n) is 6.07. The largest absolute Gasteiger partial charge is 0.393 e. The second kappa shape index (κ2) is 4.56. The SMILES string of the molecule is Cn1c(C(C)(C)C)c(N)c(=O)n1-c1cccc(Br)c1. The fourth-order valence-electron chi connectivity index (χ4n) is 2.41. The lowest BCUT2D eigenvalue weighted by molar-refractivity contribution is 0.501. The summed E-state index contributed by atoms with van der Waals surface area (Å²) in [5, 5.41) is 0. The Hall–Kier alpha value is -1.49. The molecule has 0 saturated carbocycles. The number of halogens is 1. The van der Waals surface area contributed by atoms with Gasteiger partial charge in [-0.25, -0.2) is 4.68 Å². The van der Waals surface area contributed by atoms with Crippen molar-refractivity contribution in [1.29, 1.82) is 0 Å². The van der Waals surface area contributed by atoms with Crippen LogP contribution in [0.1, 0.15) is 26.5 Å². The molecule has 4 nitrogen and oxygen atoms in total. The summed E-state index contributed by atoms with van der Waals surface area (Å²) in [5.41, 5.74) is 7.59. The van der Waals surface area contributed by atoms with Crippen LogP contribution in [0.4, 0.5) is 5.69 Å². The standard InChI is InChI=1S/C14H18BrN3O/c1-14(2,3)12-11(16)13(19)18(17(12)4)10-7-5-6-9(15)8-10/h5-8H,16H2,1-4H3. The fraction of sp³-hybridized carbons (Fsp3) is 0.357.